The van der Waals surface area contributed by atoms with Crippen molar-refractivity contribution in [3.8, 4) is 11.5 Å². The smallest absolute Gasteiger partial charge is 0.145 e. The van der Waals surface area contributed by atoms with Crippen LogP contribution in [-0.4, -0.2) is 14.4 Å². The molecule has 0 aromatic rings. The number of hydrogen-bond donors (Lipinski definition) is 0. The van der Waals surface area contributed by atoms with Crippen LogP contribution in [0.5, 0.6) is 0 Å². The maximum atomic E-state index is 10.6. The Labute approximate surface area is 107 Å². The van der Waals surface area contributed by atoms with E-state index in [-0.39, 0.29) is 5.92 Å². The highest BCUT2D eigenvalue weighted by Crippen LogP contribution is 2.42. The van der Waals surface area contributed by atoms with Gasteiger partial charge in [0.1, 0.15) is 14.4 Å². The first-order valence-corrected chi connectivity index (χ1v) is 9.07. The van der Waals surface area contributed by atoms with E-state index < -0.39 is 8.07 Å². The summed E-state index contributed by atoms with van der Waals surface area (Å²) in [6.07, 6.45) is 2.07. The molecule has 1 fully saturated rings. The Morgan fingerprint density at radius 2 is 1.53 bits per heavy atom. The maximum Gasteiger partial charge on any atom is 0.145 e. The van der Waals surface area contributed by atoms with E-state index in [4.69, 9.17) is 0 Å². The molecule has 0 spiro atoms. The first-order chi connectivity index (χ1) is 7.86. The molecule has 0 radical (unpaired) electrons. The molecule has 17 heavy (non-hydrogen) atoms. The van der Waals surface area contributed by atoms with Gasteiger partial charge in [0.2, 0.25) is 0 Å². The third kappa shape index (κ3) is 2.82. The molecule has 0 amide bonds. The first-order valence-electron chi connectivity index (χ1n) is 6.84. The molecule has 1 aliphatic carbocycles. The van der Waals surface area contributed by atoms with Gasteiger partial charge in [0.15, 0.2) is 0 Å². The molecule has 2 heteroatoms. The van der Waals surface area contributed by atoms with E-state index in [0.29, 0.717) is 22.5 Å². The van der Waals surface area contributed by atoms with E-state index >= 15 is 0 Å². The van der Waals surface area contributed by atoms with E-state index in [0.717, 1.165) is 12.7 Å². The normalized spacial score (nSPS) is 23.8. The van der Waals surface area contributed by atoms with Gasteiger partial charge < -0.3 is 4.79 Å². The van der Waals surface area contributed by atoms with Gasteiger partial charge in [-0.05, 0) is 23.0 Å². The molecule has 1 nitrogen and oxygen atoms in total. The average molecular weight is 250 g/mol. The van der Waals surface area contributed by atoms with Gasteiger partial charge in [-0.15, -0.1) is 11.5 Å². The molecule has 0 aliphatic heterocycles. The molecule has 1 rings (SSSR count). The minimum absolute atomic E-state index is 0.237. The summed E-state index contributed by atoms with van der Waals surface area (Å²) < 4.78 is 0. The first kappa shape index (κ1) is 14.5. The summed E-state index contributed by atoms with van der Waals surface area (Å²) in [5.41, 5.74) is 5.74. The van der Waals surface area contributed by atoms with Crippen molar-refractivity contribution in [2.75, 3.05) is 0 Å². The topological polar surface area (TPSA) is 17.1 Å². The number of hydrogen-bond acceptors (Lipinski definition) is 1. The van der Waals surface area contributed by atoms with Crippen molar-refractivity contribution in [1.82, 2.24) is 0 Å². The van der Waals surface area contributed by atoms with Gasteiger partial charge in [0.25, 0.3) is 0 Å². The summed E-state index contributed by atoms with van der Waals surface area (Å²) in [6, 6.07) is 0. The van der Waals surface area contributed by atoms with Crippen LogP contribution in [0, 0.1) is 23.3 Å². The summed E-state index contributed by atoms with van der Waals surface area (Å²) >= 11 is 0. The fraction of sp³-hybridized carbons (Fsp3) is 0.800. The fourth-order valence-electron chi connectivity index (χ4n) is 3.18. The Kier molecular flexibility index (Phi) is 4.60. The van der Waals surface area contributed by atoms with Gasteiger partial charge >= 0.3 is 0 Å². The minimum Gasteiger partial charge on any atom is -0.303 e. The molecule has 0 saturated heterocycles. The van der Waals surface area contributed by atoms with Gasteiger partial charge in [0.05, 0.1) is 0 Å². The molecular formula is C15H26OSi. The zero-order chi connectivity index (χ0) is 13.2. The summed E-state index contributed by atoms with van der Waals surface area (Å²) in [4.78, 5) is 10.6. The molecule has 96 valence electrons. The van der Waals surface area contributed by atoms with E-state index in [2.05, 4.69) is 53.0 Å². The SMILES string of the molecule is CC(C)[Si](C#C[C@H]1C[C@H]1C=O)(C(C)C)C(C)C. The molecule has 1 saturated carbocycles. The monoisotopic (exact) mass is 250 g/mol. The van der Waals surface area contributed by atoms with Crippen LogP contribution >= 0.6 is 0 Å². The van der Waals surface area contributed by atoms with Crippen LogP contribution in [0.25, 0.3) is 0 Å². The third-order valence-corrected chi connectivity index (χ3v) is 10.7. The second-order valence-corrected chi connectivity index (χ2v) is 11.9. The standard InChI is InChI=1S/C15H26OSi/c1-11(2)17(12(3)4,13(5)6)8-7-14-9-15(14)10-16/h10-15H,9H2,1-6H3/t14-,15-/m0/s1. The van der Waals surface area contributed by atoms with Crippen LogP contribution in [-0.2, 0) is 4.79 Å². The largest absolute Gasteiger partial charge is 0.303 e. The van der Waals surface area contributed by atoms with Crippen molar-refractivity contribution < 1.29 is 4.79 Å². The van der Waals surface area contributed by atoms with Crippen LogP contribution in [0.15, 0.2) is 0 Å². The quantitative estimate of drug-likeness (QED) is 0.418. The van der Waals surface area contributed by atoms with Crippen molar-refractivity contribution >= 4 is 14.4 Å². The molecule has 0 N–H and O–H groups in total. The zero-order valence-electron chi connectivity index (χ0n) is 12.1. The summed E-state index contributed by atoms with van der Waals surface area (Å²) in [5, 5.41) is 0. The van der Waals surface area contributed by atoms with E-state index in [9.17, 15) is 4.79 Å². The Bertz CT molecular complexity index is 311. The van der Waals surface area contributed by atoms with Crippen molar-refractivity contribution in [3.63, 3.8) is 0 Å². The molecule has 0 bridgehead atoms. The minimum atomic E-state index is -1.57. The summed E-state index contributed by atoms with van der Waals surface area (Å²) in [7, 11) is -1.57. The predicted octanol–water partition coefficient (Wildman–Crippen LogP) is 4.04. The highest BCUT2D eigenvalue weighted by atomic mass is 28.3. The highest BCUT2D eigenvalue weighted by Gasteiger charge is 2.43. The summed E-state index contributed by atoms with van der Waals surface area (Å²) in [6.45, 7) is 13.9. The summed E-state index contributed by atoms with van der Waals surface area (Å²) in [5.74, 6) is 4.03. The molecule has 0 aromatic carbocycles. The van der Waals surface area contributed by atoms with Crippen LogP contribution in [0.1, 0.15) is 48.0 Å². The van der Waals surface area contributed by atoms with E-state index in [1.165, 1.54) is 0 Å². The Morgan fingerprint density at radius 1 is 1.06 bits per heavy atom. The van der Waals surface area contributed by atoms with Crippen LogP contribution in [0.4, 0.5) is 0 Å². The molecule has 1 aliphatic rings. The van der Waals surface area contributed by atoms with Crippen LogP contribution in [0.3, 0.4) is 0 Å². The lowest BCUT2D eigenvalue weighted by atomic mass is 10.3. The molecule has 0 unspecified atom stereocenters. The van der Waals surface area contributed by atoms with E-state index in [1.807, 2.05) is 0 Å². The maximum absolute atomic E-state index is 10.6. The van der Waals surface area contributed by atoms with Crippen molar-refractivity contribution in [1.29, 1.82) is 0 Å². The van der Waals surface area contributed by atoms with Gasteiger partial charge in [0, 0.05) is 11.8 Å². The van der Waals surface area contributed by atoms with Crippen LogP contribution in [0.2, 0.25) is 16.6 Å². The number of carbonyl (C=O) groups is 1. The van der Waals surface area contributed by atoms with Crippen molar-refractivity contribution in [3.05, 3.63) is 0 Å². The molecule has 0 heterocycles. The van der Waals surface area contributed by atoms with Crippen molar-refractivity contribution in [2.24, 2.45) is 11.8 Å². The lowest BCUT2D eigenvalue weighted by molar-refractivity contribution is -0.108. The Balaban J connectivity index is 2.94. The van der Waals surface area contributed by atoms with Gasteiger partial charge in [-0.2, -0.15) is 0 Å². The fourth-order valence-corrected chi connectivity index (χ4v) is 8.48. The lowest BCUT2D eigenvalue weighted by Gasteiger charge is -2.38. The molecular weight excluding hydrogens is 224 g/mol. The molecule has 0 aromatic heterocycles. The van der Waals surface area contributed by atoms with E-state index in [1.54, 1.807) is 0 Å². The van der Waals surface area contributed by atoms with Gasteiger partial charge in [-0.1, -0.05) is 41.5 Å². The van der Waals surface area contributed by atoms with Crippen LogP contribution < -0.4 is 0 Å². The predicted molar refractivity (Wildman–Crippen MR) is 76.5 cm³/mol. The van der Waals surface area contributed by atoms with Crippen molar-refractivity contribution in [2.45, 2.75) is 64.6 Å². The Morgan fingerprint density at radius 3 is 1.82 bits per heavy atom. The van der Waals surface area contributed by atoms with Gasteiger partial charge in [-0.3, -0.25) is 0 Å². The third-order valence-electron chi connectivity index (χ3n) is 4.35. The second-order valence-electron chi connectivity index (χ2n) is 6.31. The second kappa shape index (κ2) is 5.39. The Hall–Kier alpha value is -0.553. The van der Waals surface area contributed by atoms with Gasteiger partial charge in [-0.25, -0.2) is 0 Å². The number of rotatable bonds is 4. The lowest BCUT2D eigenvalue weighted by Crippen LogP contribution is -2.43. The molecule has 2 atom stereocenters. The number of aldehydes is 1. The zero-order valence-corrected chi connectivity index (χ0v) is 13.1. The highest BCUT2D eigenvalue weighted by molar-refractivity contribution is 6.90. The number of carbonyl (C=O) groups excluding carboxylic acids is 1. The average Bonchev–Trinajstić information content (AvgIpc) is 2.95.